The lowest BCUT2D eigenvalue weighted by Gasteiger charge is -2.07. The van der Waals surface area contributed by atoms with E-state index in [0.717, 1.165) is 12.1 Å². The van der Waals surface area contributed by atoms with Crippen LogP contribution in [0.3, 0.4) is 0 Å². The molecular formula is C10H8ClF2N3O3S. The number of benzene rings is 1. The Morgan fingerprint density at radius 1 is 1.35 bits per heavy atom. The number of hydrogen-bond acceptors (Lipinski definition) is 5. The van der Waals surface area contributed by atoms with Crippen LogP contribution in [0.25, 0.3) is 0 Å². The van der Waals surface area contributed by atoms with E-state index in [0.29, 0.717) is 5.69 Å². The average molecular weight is 324 g/mol. The van der Waals surface area contributed by atoms with Crippen molar-refractivity contribution in [1.82, 2.24) is 15.0 Å². The first-order valence-corrected chi connectivity index (χ1v) is 7.50. The van der Waals surface area contributed by atoms with E-state index in [1.54, 1.807) is 7.05 Å². The minimum atomic E-state index is -4.36. The molecule has 1 aromatic carbocycles. The van der Waals surface area contributed by atoms with Crippen LogP contribution in [0.5, 0.6) is 5.75 Å². The van der Waals surface area contributed by atoms with Gasteiger partial charge >= 0.3 is 0 Å². The highest BCUT2D eigenvalue weighted by molar-refractivity contribution is 8.13. The van der Waals surface area contributed by atoms with E-state index >= 15 is 0 Å². The van der Waals surface area contributed by atoms with E-state index in [9.17, 15) is 17.2 Å². The van der Waals surface area contributed by atoms with Crippen LogP contribution in [0.15, 0.2) is 23.2 Å². The third-order valence-corrected chi connectivity index (χ3v) is 3.64. The largest absolute Gasteiger partial charge is 0.484 e. The van der Waals surface area contributed by atoms with Gasteiger partial charge in [0.2, 0.25) is 5.82 Å². The van der Waals surface area contributed by atoms with Gasteiger partial charge in [0.05, 0.1) is 6.20 Å². The van der Waals surface area contributed by atoms with E-state index in [1.165, 1.54) is 10.9 Å². The number of aryl methyl sites for hydroxylation is 1. The van der Waals surface area contributed by atoms with Crippen molar-refractivity contribution in [3.63, 3.8) is 0 Å². The minimum absolute atomic E-state index is 0.142. The van der Waals surface area contributed by atoms with E-state index in [1.807, 2.05) is 0 Å². The van der Waals surface area contributed by atoms with Crippen molar-refractivity contribution >= 4 is 19.7 Å². The predicted molar refractivity (Wildman–Crippen MR) is 64.7 cm³/mol. The topological polar surface area (TPSA) is 74.1 Å². The van der Waals surface area contributed by atoms with Gasteiger partial charge in [0.25, 0.3) is 9.05 Å². The first-order valence-electron chi connectivity index (χ1n) is 5.19. The number of rotatable bonds is 4. The summed E-state index contributed by atoms with van der Waals surface area (Å²) in [6.07, 6.45) is 1.53. The summed E-state index contributed by atoms with van der Waals surface area (Å²) in [5.74, 6) is -3.47. The van der Waals surface area contributed by atoms with Crippen LogP contribution < -0.4 is 4.74 Å². The smallest absolute Gasteiger partial charge is 0.264 e. The van der Waals surface area contributed by atoms with Crippen molar-refractivity contribution < 1.29 is 21.9 Å². The Morgan fingerprint density at radius 3 is 2.60 bits per heavy atom. The maximum Gasteiger partial charge on any atom is 0.264 e. The maximum absolute atomic E-state index is 13.6. The summed E-state index contributed by atoms with van der Waals surface area (Å²) in [7, 11) is 2.24. The van der Waals surface area contributed by atoms with Crippen LogP contribution in [0, 0.1) is 11.6 Å². The zero-order chi connectivity index (χ0) is 14.9. The van der Waals surface area contributed by atoms with Gasteiger partial charge in [-0.1, -0.05) is 5.21 Å². The number of halogens is 3. The molecule has 0 amide bonds. The Hall–Kier alpha value is -1.74. The molecule has 0 fully saturated rings. The van der Waals surface area contributed by atoms with Gasteiger partial charge in [0, 0.05) is 17.7 Å². The number of aromatic nitrogens is 3. The normalized spacial score (nSPS) is 11.6. The lowest BCUT2D eigenvalue weighted by atomic mass is 10.3. The Morgan fingerprint density at radius 2 is 2.05 bits per heavy atom. The molecule has 0 N–H and O–H groups in total. The van der Waals surface area contributed by atoms with Gasteiger partial charge in [-0.25, -0.2) is 12.8 Å². The number of ether oxygens (including phenoxy) is 1. The van der Waals surface area contributed by atoms with Gasteiger partial charge < -0.3 is 4.74 Å². The highest BCUT2D eigenvalue weighted by atomic mass is 35.7. The SMILES string of the molecule is Cn1cc(COc2ccc(S(=O)(=O)Cl)c(F)c2F)nn1. The molecule has 0 aliphatic rings. The highest BCUT2D eigenvalue weighted by Crippen LogP contribution is 2.27. The summed E-state index contributed by atoms with van der Waals surface area (Å²) in [5, 5.41) is 7.33. The standard InChI is InChI=1S/C10H8ClF2N3O3S/c1-16-4-6(14-15-16)5-19-7-2-3-8(20(11,17)18)10(13)9(7)12/h2-4H,5H2,1H3. The van der Waals surface area contributed by atoms with Crippen molar-refractivity contribution in [3.8, 4) is 5.75 Å². The molecule has 6 nitrogen and oxygen atoms in total. The predicted octanol–water partition coefficient (Wildman–Crippen LogP) is 1.60. The quantitative estimate of drug-likeness (QED) is 0.799. The maximum atomic E-state index is 13.6. The third kappa shape index (κ3) is 3.05. The molecule has 0 saturated heterocycles. The fourth-order valence-electron chi connectivity index (χ4n) is 1.43. The van der Waals surface area contributed by atoms with Gasteiger partial charge in [-0.3, -0.25) is 4.68 Å². The van der Waals surface area contributed by atoms with E-state index in [4.69, 9.17) is 15.4 Å². The monoisotopic (exact) mass is 323 g/mol. The Balaban J connectivity index is 2.24. The molecule has 2 aromatic rings. The molecule has 0 spiro atoms. The van der Waals surface area contributed by atoms with Crippen molar-refractivity contribution in [2.24, 2.45) is 7.05 Å². The molecule has 0 aliphatic carbocycles. The second-order valence-electron chi connectivity index (χ2n) is 3.80. The van der Waals surface area contributed by atoms with Crippen LogP contribution in [0.4, 0.5) is 8.78 Å². The van der Waals surface area contributed by atoms with Crippen LogP contribution >= 0.6 is 10.7 Å². The highest BCUT2D eigenvalue weighted by Gasteiger charge is 2.22. The molecule has 0 bridgehead atoms. The minimum Gasteiger partial charge on any atom is -0.484 e. The van der Waals surface area contributed by atoms with Gasteiger partial charge in [-0.2, -0.15) is 4.39 Å². The fourth-order valence-corrected chi connectivity index (χ4v) is 2.32. The molecule has 0 atom stereocenters. The summed E-state index contributed by atoms with van der Waals surface area (Å²) in [4.78, 5) is -0.941. The van der Waals surface area contributed by atoms with E-state index in [2.05, 4.69) is 10.3 Å². The van der Waals surface area contributed by atoms with Crippen LogP contribution in [-0.2, 0) is 22.7 Å². The summed E-state index contributed by atoms with van der Waals surface area (Å²) < 4.78 is 55.6. The lowest BCUT2D eigenvalue weighted by Crippen LogP contribution is -2.03. The first-order chi connectivity index (χ1) is 9.29. The first kappa shape index (κ1) is 14.7. The second kappa shape index (κ2) is 5.33. The molecule has 1 aromatic heterocycles. The molecule has 20 heavy (non-hydrogen) atoms. The Kier molecular flexibility index (Phi) is 3.91. The van der Waals surface area contributed by atoms with Crippen LogP contribution in [-0.4, -0.2) is 23.4 Å². The average Bonchev–Trinajstić information content (AvgIpc) is 2.75. The summed E-state index contributed by atoms with van der Waals surface area (Å²) in [6, 6.07) is 1.80. The molecule has 0 radical (unpaired) electrons. The van der Waals surface area contributed by atoms with Gasteiger partial charge in [0.15, 0.2) is 11.6 Å². The molecule has 0 unspecified atom stereocenters. The summed E-state index contributed by atoms with van der Waals surface area (Å²) in [6.45, 7) is -0.142. The van der Waals surface area contributed by atoms with Crippen LogP contribution in [0.2, 0.25) is 0 Å². The van der Waals surface area contributed by atoms with Crippen LogP contribution in [0.1, 0.15) is 5.69 Å². The zero-order valence-electron chi connectivity index (χ0n) is 10.0. The third-order valence-electron chi connectivity index (χ3n) is 2.30. The molecule has 108 valence electrons. The van der Waals surface area contributed by atoms with Crippen molar-refractivity contribution in [2.45, 2.75) is 11.5 Å². The van der Waals surface area contributed by atoms with E-state index < -0.39 is 31.3 Å². The molecule has 0 saturated carbocycles. The van der Waals surface area contributed by atoms with Crippen molar-refractivity contribution in [3.05, 3.63) is 35.7 Å². The molecule has 0 aliphatic heterocycles. The zero-order valence-corrected chi connectivity index (χ0v) is 11.6. The fraction of sp³-hybridized carbons (Fsp3) is 0.200. The van der Waals surface area contributed by atoms with Gasteiger partial charge in [0.1, 0.15) is 17.2 Å². The number of hydrogen-bond donors (Lipinski definition) is 0. The molecule has 10 heteroatoms. The van der Waals surface area contributed by atoms with Crippen molar-refractivity contribution in [1.29, 1.82) is 0 Å². The summed E-state index contributed by atoms with van der Waals surface area (Å²) >= 11 is 0. The molecular weight excluding hydrogens is 316 g/mol. The van der Waals surface area contributed by atoms with Crippen molar-refractivity contribution in [2.75, 3.05) is 0 Å². The van der Waals surface area contributed by atoms with Gasteiger partial charge in [-0.15, -0.1) is 5.10 Å². The van der Waals surface area contributed by atoms with Gasteiger partial charge in [-0.05, 0) is 12.1 Å². The van der Waals surface area contributed by atoms with E-state index in [-0.39, 0.29) is 6.61 Å². The summed E-state index contributed by atoms with van der Waals surface area (Å²) in [5.41, 5.74) is 0.404. The molecule has 2 rings (SSSR count). The second-order valence-corrected chi connectivity index (χ2v) is 6.33. The lowest BCUT2D eigenvalue weighted by molar-refractivity contribution is 0.279. The Labute approximate surface area is 117 Å². The molecule has 1 heterocycles. The number of nitrogens with zero attached hydrogens (tertiary/aromatic N) is 3. The Bertz CT molecular complexity index is 748.